The highest BCUT2D eigenvalue weighted by Crippen LogP contribution is 2.25. The molecule has 0 aromatic rings. The van der Waals surface area contributed by atoms with Gasteiger partial charge in [0.15, 0.2) is 0 Å². The molecule has 1 N–H and O–H groups in total. The fraction of sp³-hybridized carbons (Fsp3) is 0.875. The Morgan fingerprint density at radius 1 is 1.35 bits per heavy atom. The van der Waals surface area contributed by atoms with E-state index in [0.717, 1.165) is 18.4 Å². The molecule has 0 spiro atoms. The molecule has 1 aliphatic rings. The Balaban J connectivity index is 0.000000361. The Labute approximate surface area is 124 Å². The minimum Gasteiger partial charge on any atom is -0.338 e. The summed E-state index contributed by atoms with van der Waals surface area (Å²) >= 11 is 0. The zero-order valence-electron chi connectivity index (χ0n) is 13.7. The van der Waals surface area contributed by atoms with E-state index in [4.69, 9.17) is 0 Å². The van der Waals surface area contributed by atoms with Gasteiger partial charge in [-0.3, -0.25) is 9.59 Å². The van der Waals surface area contributed by atoms with Gasteiger partial charge in [-0.25, -0.2) is 0 Å². The van der Waals surface area contributed by atoms with Gasteiger partial charge in [0.25, 0.3) is 0 Å². The lowest BCUT2D eigenvalue weighted by molar-refractivity contribution is -0.125. The summed E-state index contributed by atoms with van der Waals surface area (Å²) in [5.74, 6) is 0.985. The number of amides is 1. The number of nitrogens with zero attached hydrogens (tertiary/aromatic N) is 1. The Morgan fingerprint density at radius 2 is 1.95 bits per heavy atom. The van der Waals surface area contributed by atoms with Crippen LogP contribution in [0.15, 0.2) is 0 Å². The first kappa shape index (κ1) is 19.1. The number of nitrogens with one attached hydrogen (secondary N) is 1. The van der Waals surface area contributed by atoms with E-state index in [1.54, 1.807) is 0 Å². The molecule has 0 saturated heterocycles. The Bertz CT molecular complexity index is 263. The van der Waals surface area contributed by atoms with Crippen molar-refractivity contribution in [3.63, 3.8) is 0 Å². The second-order valence-electron chi connectivity index (χ2n) is 5.75. The van der Waals surface area contributed by atoms with Crippen LogP contribution < -0.4 is 5.32 Å². The molecule has 0 aromatic heterocycles. The van der Waals surface area contributed by atoms with Crippen LogP contribution in [0.4, 0.5) is 0 Å². The third-order valence-electron chi connectivity index (χ3n) is 3.90. The van der Waals surface area contributed by atoms with E-state index in [-0.39, 0.29) is 12.3 Å². The van der Waals surface area contributed by atoms with Crippen LogP contribution >= 0.6 is 0 Å². The molecule has 0 radical (unpaired) electrons. The van der Waals surface area contributed by atoms with Crippen LogP contribution in [0.5, 0.6) is 0 Å². The van der Waals surface area contributed by atoms with Gasteiger partial charge in [-0.1, -0.05) is 26.2 Å². The topological polar surface area (TPSA) is 49.4 Å². The molecule has 0 bridgehead atoms. The second-order valence-corrected chi connectivity index (χ2v) is 5.75. The quantitative estimate of drug-likeness (QED) is 0.731. The molecule has 1 saturated carbocycles. The number of ketones is 1. The van der Waals surface area contributed by atoms with Gasteiger partial charge in [0.05, 0.1) is 6.54 Å². The van der Waals surface area contributed by atoms with E-state index in [1.165, 1.54) is 43.9 Å². The number of Topliss-reactive ketones (excluding diaryl/α,β-unsaturated/α-hetero) is 1. The number of carbonyl (C=O) groups is 2. The van der Waals surface area contributed by atoms with E-state index >= 15 is 0 Å². The first-order chi connectivity index (χ1) is 9.54. The highest BCUT2D eigenvalue weighted by molar-refractivity contribution is 5.79. The van der Waals surface area contributed by atoms with Gasteiger partial charge < -0.3 is 10.2 Å². The molecular weight excluding hydrogens is 252 g/mol. The van der Waals surface area contributed by atoms with Crippen LogP contribution in [-0.4, -0.2) is 43.3 Å². The maximum atomic E-state index is 10.5. The minimum atomic E-state index is 0.0283. The first-order valence-corrected chi connectivity index (χ1v) is 7.91. The van der Waals surface area contributed by atoms with Crippen molar-refractivity contribution in [1.29, 1.82) is 0 Å². The normalized spacial score (nSPS) is 16.8. The smallest absolute Gasteiger partial charge is 0.210 e. The van der Waals surface area contributed by atoms with E-state index < -0.39 is 0 Å². The average Bonchev–Trinajstić information content (AvgIpc) is 2.47. The van der Waals surface area contributed by atoms with E-state index in [1.807, 2.05) is 6.92 Å². The van der Waals surface area contributed by atoms with Crippen LogP contribution in [0.1, 0.15) is 59.3 Å². The predicted molar refractivity (Wildman–Crippen MR) is 83.7 cm³/mol. The van der Waals surface area contributed by atoms with Gasteiger partial charge in [-0.2, -0.15) is 0 Å². The standard InChI is InChI=1S/C9H19N.C7H13NO2/c1-8(10-2)9-6-4-3-5-7-9;1-3-4-8(6-9)5-7(2)10/h8-10H,3-7H2,1-2H3;6H,3-5H2,1-2H3. The number of carbonyl (C=O) groups excluding carboxylic acids is 2. The van der Waals surface area contributed by atoms with Gasteiger partial charge in [-0.15, -0.1) is 0 Å². The zero-order chi connectivity index (χ0) is 15.4. The van der Waals surface area contributed by atoms with Crippen molar-refractivity contribution in [3.05, 3.63) is 0 Å². The summed E-state index contributed by atoms with van der Waals surface area (Å²) in [5.41, 5.74) is 0. The molecule has 4 heteroatoms. The van der Waals surface area contributed by atoms with E-state index in [9.17, 15) is 9.59 Å². The molecule has 1 atom stereocenters. The summed E-state index contributed by atoms with van der Waals surface area (Å²) in [6.45, 7) is 6.67. The third kappa shape index (κ3) is 9.08. The molecule has 118 valence electrons. The number of hydrogen-bond acceptors (Lipinski definition) is 3. The molecule has 1 rings (SSSR count). The van der Waals surface area contributed by atoms with Gasteiger partial charge in [0.2, 0.25) is 6.41 Å². The number of rotatable bonds is 7. The van der Waals surface area contributed by atoms with Gasteiger partial charge >= 0.3 is 0 Å². The Morgan fingerprint density at radius 3 is 2.35 bits per heavy atom. The maximum Gasteiger partial charge on any atom is 0.210 e. The van der Waals surface area contributed by atoms with Gasteiger partial charge in [0.1, 0.15) is 5.78 Å². The molecular formula is C16H32N2O2. The third-order valence-corrected chi connectivity index (χ3v) is 3.90. The Kier molecular flexibility index (Phi) is 11.4. The predicted octanol–water partition coefficient (Wildman–Crippen LogP) is 2.62. The fourth-order valence-corrected chi connectivity index (χ4v) is 2.61. The molecule has 0 aromatic carbocycles. The molecule has 20 heavy (non-hydrogen) atoms. The summed E-state index contributed by atoms with van der Waals surface area (Å²) in [4.78, 5) is 22.2. The van der Waals surface area contributed by atoms with E-state index in [2.05, 4.69) is 19.3 Å². The highest BCUT2D eigenvalue weighted by atomic mass is 16.1. The zero-order valence-corrected chi connectivity index (χ0v) is 13.7. The van der Waals surface area contributed by atoms with Gasteiger partial charge in [-0.05, 0) is 46.1 Å². The summed E-state index contributed by atoms with van der Waals surface area (Å²) in [6.07, 6.45) is 8.88. The molecule has 1 amide bonds. The monoisotopic (exact) mass is 284 g/mol. The SMILES string of the molecule is CCCN(C=O)CC(C)=O.CNC(C)C1CCCCC1. The van der Waals surface area contributed by atoms with Crippen LogP contribution in [0.25, 0.3) is 0 Å². The molecule has 1 aliphatic carbocycles. The highest BCUT2D eigenvalue weighted by Gasteiger charge is 2.17. The summed E-state index contributed by atoms with van der Waals surface area (Å²) in [6, 6.07) is 0.736. The Hall–Kier alpha value is -0.900. The van der Waals surface area contributed by atoms with Crippen molar-refractivity contribution < 1.29 is 9.59 Å². The molecule has 4 nitrogen and oxygen atoms in total. The fourth-order valence-electron chi connectivity index (χ4n) is 2.61. The molecule has 1 fully saturated rings. The molecule has 0 heterocycles. The summed E-state index contributed by atoms with van der Waals surface area (Å²) in [5, 5.41) is 3.33. The van der Waals surface area contributed by atoms with Crippen molar-refractivity contribution in [2.24, 2.45) is 5.92 Å². The molecule has 0 aliphatic heterocycles. The number of hydrogen-bond donors (Lipinski definition) is 1. The lowest BCUT2D eigenvalue weighted by atomic mass is 9.85. The van der Waals surface area contributed by atoms with Crippen molar-refractivity contribution in [1.82, 2.24) is 10.2 Å². The first-order valence-electron chi connectivity index (χ1n) is 7.91. The van der Waals surface area contributed by atoms with Crippen LogP contribution in [-0.2, 0) is 9.59 Å². The van der Waals surface area contributed by atoms with Gasteiger partial charge in [0, 0.05) is 12.6 Å². The van der Waals surface area contributed by atoms with Crippen molar-refractivity contribution >= 4 is 12.2 Å². The van der Waals surface area contributed by atoms with Crippen LogP contribution in [0, 0.1) is 5.92 Å². The largest absolute Gasteiger partial charge is 0.338 e. The van der Waals surface area contributed by atoms with Crippen molar-refractivity contribution in [3.8, 4) is 0 Å². The van der Waals surface area contributed by atoms with Crippen molar-refractivity contribution in [2.45, 2.75) is 65.3 Å². The summed E-state index contributed by atoms with van der Waals surface area (Å²) < 4.78 is 0. The minimum absolute atomic E-state index is 0.0283. The molecule has 1 unspecified atom stereocenters. The van der Waals surface area contributed by atoms with Crippen LogP contribution in [0.2, 0.25) is 0 Å². The average molecular weight is 284 g/mol. The second kappa shape index (κ2) is 11.9. The summed E-state index contributed by atoms with van der Waals surface area (Å²) in [7, 11) is 2.07. The maximum absolute atomic E-state index is 10.5. The lowest BCUT2D eigenvalue weighted by Crippen LogP contribution is -2.31. The van der Waals surface area contributed by atoms with Crippen LogP contribution in [0.3, 0.4) is 0 Å². The van der Waals surface area contributed by atoms with Crippen molar-refractivity contribution in [2.75, 3.05) is 20.1 Å². The van der Waals surface area contributed by atoms with E-state index in [0.29, 0.717) is 13.0 Å². The lowest BCUT2D eigenvalue weighted by Gasteiger charge is -2.27.